The van der Waals surface area contributed by atoms with E-state index in [1.165, 1.54) is 6.42 Å². The van der Waals surface area contributed by atoms with Crippen molar-refractivity contribution in [2.45, 2.75) is 38.6 Å². The van der Waals surface area contributed by atoms with Crippen molar-refractivity contribution in [2.24, 2.45) is 11.7 Å². The van der Waals surface area contributed by atoms with Crippen LogP contribution >= 0.6 is 11.3 Å². The second-order valence-corrected chi connectivity index (χ2v) is 5.32. The van der Waals surface area contributed by atoms with Crippen molar-refractivity contribution in [3.8, 4) is 0 Å². The fourth-order valence-electron chi connectivity index (χ4n) is 2.15. The summed E-state index contributed by atoms with van der Waals surface area (Å²) >= 11 is 1.70. The van der Waals surface area contributed by atoms with Gasteiger partial charge in [0, 0.05) is 5.38 Å². The van der Waals surface area contributed by atoms with Gasteiger partial charge in [0.05, 0.1) is 16.2 Å². The van der Waals surface area contributed by atoms with E-state index < -0.39 is 0 Å². The lowest BCUT2D eigenvalue weighted by Gasteiger charge is -2.21. The van der Waals surface area contributed by atoms with Crippen molar-refractivity contribution in [3.05, 3.63) is 16.1 Å². The Labute approximate surface area is 83.2 Å². The van der Waals surface area contributed by atoms with Crippen LogP contribution < -0.4 is 5.73 Å². The van der Waals surface area contributed by atoms with Crippen LogP contribution in [0.1, 0.15) is 36.9 Å². The van der Waals surface area contributed by atoms with Gasteiger partial charge in [-0.2, -0.15) is 0 Å². The van der Waals surface area contributed by atoms with Gasteiger partial charge in [0.1, 0.15) is 0 Å². The zero-order valence-electron chi connectivity index (χ0n) is 8.21. The largest absolute Gasteiger partial charge is 0.320 e. The number of aromatic nitrogens is 1. The zero-order valence-corrected chi connectivity index (χ0v) is 9.03. The first-order valence-corrected chi connectivity index (χ1v) is 5.69. The molecule has 1 aliphatic rings. The third-order valence-electron chi connectivity index (χ3n) is 2.93. The highest BCUT2D eigenvalue weighted by Crippen LogP contribution is 2.39. The van der Waals surface area contributed by atoms with Crippen molar-refractivity contribution in [1.82, 2.24) is 4.98 Å². The summed E-state index contributed by atoms with van der Waals surface area (Å²) in [7, 11) is 0. The Balaban J connectivity index is 2.25. The molecule has 1 heterocycles. The van der Waals surface area contributed by atoms with Crippen LogP contribution in [0.15, 0.2) is 5.38 Å². The minimum absolute atomic E-state index is 0.121. The molecule has 2 nitrogen and oxygen atoms in total. The molecule has 1 saturated carbocycles. The van der Waals surface area contributed by atoms with E-state index in [1.54, 1.807) is 11.3 Å². The maximum Gasteiger partial charge on any atom is 0.0898 e. The van der Waals surface area contributed by atoms with Crippen molar-refractivity contribution >= 4 is 11.3 Å². The molecule has 72 valence electrons. The van der Waals surface area contributed by atoms with Gasteiger partial charge in [-0.3, -0.25) is 0 Å². The smallest absolute Gasteiger partial charge is 0.0898 e. The van der Waals surface area contributed by atoms with Gasteiger partial charge in [-0.05, 0) is 32.1 Å². The van der Waals surface area contributed by atoms with Gasteiger partial charge in [0.15, 0.2) is 0 Å². The maximum atomic E-state index is 6.33. The van der Waals surface area contributed by atoms with Gasteiger partial charge in [-0.15, -0.1) is 11.3 Å². The second-order valence-electron chi connectivity index (χ2n) is 4.26. The van der Waals surface area contributed by atoms with Crippen molar-refractivity contribution in [2.75, 3.05) is 0 Å². The van der Waals surface area contributed by atoms with E-state index in [-0.39, 0.29) is 5.54 Å². The molecule has 13 heavy (non-hydrogen) atoms. The number of nitrogens with zero attached hydrogens (tertiary/aromatic N) is 1. The molecule has 2 unspecified atom stereocenters. The maximum absolute atomic E-state index is 6.33. The predicted octanol–water partition coefficient (Wildman–Crippen LogP) is 2.43. The highest BCUT2D eigenvalue weighted by Gasteiger charge is 2.36. The number of hydrogen-bond donors (Lipinski definition) is 1. The van der Waals surface area contributed by atoms with Crippen LogP contribution in [-0.2, 0) is 5.54 Å². The summed E-state index contributed by atoms with van der Waals surface area (Å²) in [6.45, 7) is 4.31. The Morgan fingerprint density at radius 3 is 2.92 bits per heavy atom. The Kier molecular flexibility index (Phi) is 2.16. The Hall–Kier alpha value is -0.410. The molecule has 0 saturated heterocycles. The van der Waals surface area contributed by atoms with Gasteiger partial charge in [-0.25, -0.2) is 4.98 Å². The lowest BCUT2D eigenvalue weighted by atomic mass is 9.94. The van der Waals surface area contributed by atoms with E-state index in [4.69, 9.17) is 5.73 Å². The molecule has 1 aromatic heterocycles. The molecule has 0 radical (unpaired) electrons. The third kappa shape index (κ3) is 1.63. The summed E-state index contributed by atoms with van der Waals surface area (Å²) in [6, 6.07) is 0. The second kappa shape index (κ2) is 3.07. The van der Waals surface area contributed by atoms with Gasteiger partial charge >= 0.3 is 0 Å². The molecule has 0 aliphatic heterocycles. The van der Waals surface area contributed by atoms with Crippen molar-refractivity contribution < 1.29 is 0 Å². The van der Waals surface area contributed by atoms with Crippen LogP contribution in [0, 0.1) is 12.8 Å². The Morgan fingerprint density at radius 2 is 2.46 bits per heavy atom. The summed E-state index contributed by atoms with van der Waals surface area (Å²) in [4.78, 5) is 4.49. The van der Waals surface area contributed by atoms with E-state index in [0.29, 0.717) is 0 Å². The molecule has 2 N–H and O–H groups in total. The normalized spacial score (nSPS) is 33.9. The summed E-state index contributed by atoms with van der Waals surface area (Å²) in [6.07, 6.45) is 3.43. The predicted molar refractivity (Wildman–Crippen MR) is 55.7 cm³/mol. The SMILES string of the molecule is Cc1nc(C2(N)CCC(C)C2)cs1. The van der Waals surface area contributed by atoms with E-state index in [9.17, 15) is 0 Å². The van der Waals surface area contributed by atoms with Crippen molar-refractivity contribution in [3.63, 3.8) is 0 Å². The van der Waals surface area contributed by atoms with Gasteiger partial charge in [0.25, 0.3) is 0 Å². The molecular formula is C10H16N2S. The van der Waals surface area contributed by atoms with Crippen LogP contribution in [0.5, 0.6) is 0 Å². The Bertz CT molecular complexity index is 308. The molecule has 0 spiro atoms. The lowest BCUT2D eigenvalue weighted by Crippen LogP contribution is -2.33. The molecule has 1 fully saturated rings. The van der Waals surface area contributed by atoms with E-state index in [2.05, 4.69) is 17.3 Å². The number of rotatable bonds is 1. The lowest BCUT2D eigenvalue weighted by molar-refractivity contribution is 0.430. The molecule has 3 heteroatoms. The molecular weight excluding hydrogens is 180 g/mol. The summed E-state index contributed by atoms with van der Waals surface area (Å²) in [5, 5.41) is 3.24. The van der Waals surface area contributed by atoms with E-state index in [0.717, 1.165) is 29.5 Å². The molecule has 2 atom stereocenters. The summed E-state index contributed by atoms with van der Waals surface area (Å²) < 4.78 is 0. The first-order valence-electron chi connectivity index (χ1n) is 4.82. The monoisotopic (exact) mass is 196 g/mol. The fourth-order valence-corrected chi connectivity index (χ4v) is 2.88. The number of nitrogens with two attached hydrogens (primary N) is 1. The topological polar surface area (TPSA) is 38.9 Å². The standard InChI is InChI=1S/C10H16N2S/c1-7-3-4-10(11,5-7)9-6-13-8(2)12-9/h6-7H,3-5,11H2,1-2H3. The summed E-state index contributed by atoms with van der Waals surface area (Å²) in [5.74, 6) is 0.756. The highest BCUT2D eigenvalue weighted by molar-refractivity contribution is 7.09. The van der Waals surface area contributed by atoms with Crippen LogP contribution in [0.3, 0.4) is 0 Å². The molecule has 0 amide bonds. The number of hydrogen-bond acceptors (Lipinski definition) is 3. The zero-order chi connectivity index (χ0) is 9.47. The fraction of sp³-hybridized carbons (Fsp3) is 0.700. The number of aryl methyl sites for hydroxylation is 1. The van der Waals surface area contributed by atoms with Gasteiger partial charge < -0.3 is 5.73 Å². The van der Waals surface area contributed by atoms with E-state index in [1.807, 2.05) is 6.92 Å². The Morgan fingerprint density at radius 1 is 1.69 bits per heavy atom. The minimum Gasteiger partial charge on any atom is -0.320 e. The number of thiazole rings is 1. The third-order valence-corrected chi connectivity index (χ3v) is 3.70. The van der Waals surface area contributed by atoms with Crippen LogP contribution in [0.2, 0.25) is 0 Å². The first kappa shape index (κ1) is 9.16. The summed E-state index contributed by atoms with van der Waals surface area (Å²) in [5.41, 5.74) is 7.32. The molecule has 0 aromatic carbocycles. The minimum atomic E-state index is -0.121. The molecule has 1 aromatic rings. The quantitative estimate of drug-likeness (QED) is 0.749. The van der Waals surface area contributed by atoms with Crippen molar-refractivity contribution in [1.29, 1.82) is 0 Å². The molecule has 1 aliphatic carbocycles. The highest BCUT2D eigenvalue weighted by atomic mass is 32.1. The molecule has 0 bridgehead atoms. The van der Waals surface area contributed by atoms with Gasteiger partial charge in [0.2, 0.25) is 0 Å². The van der Waals surface area contributed by atoms with E-state index >= 15 is 0 Å². The van der Waals surface area contributed by atoms with Crippen LogP contribution in [-0.4, -0.2) is 4.98 Å². The van der Waals surface area contributed by atoms with Crippen LogP contribution in [0.4, 0.5) is 0 Å². The average Bonchev–Trinajstić information content (AvgIpc) is 2.60. The first-order chi connectivity index (χ1) is 6.10. The average molecular weight is 196 g/mol. The molecule has 2 rings (SSSR count). The van der Waals surface area contributed by atoms with Crippen LogP contribution in [0.25, 0.3) is 0 Å². The van der Waals surface area contributed by atoms with Gasteiger partial charge in [-0.1, -0.05) is 6.92 Å².